The normalized spacial score (nSPS) is 16.7. The third kappa shape index (κ3) is 4.14. The molecule has 29 heavy (non-hydrogen) atoms. The van der Waals surface area contributed by atoms with E-state index in [1.807, 2.05) is 24.3 Å². The molecule has 1 aromatic carbocycles. The van der Waals surface area contributed by atoms with Crippen LogP contribution in [0.25, 0.3) is 21.0 Å². The molecule has 9 heteroatoms. The zero-order valence-corrected chi connectivity index (χ0v) is 16.3. The van der Waals surface area contributed by atoms with E-state index in [4.69, 9.17) is 14.9 Å². The number of fused-ring (bicyclic) bond motifs is 1. The van der Waals surface area contributed by atoms with Gasteiger partial charge in [-0.3, -0.25) is 9.59 Å². The highest BCUT2D eigenvalue weighted by Crippen LogP contribution is 2.31. The summed E-state index contributed by atoms with van der Waals surface area (Å²) in [5.41, 5.74) is 6.18. The lowest BCUT2D eigenvalue weighted by molar-refractivity contribution is -0.137. The zero-order chi connectivity index (χ0) is 20.4. The number of amides is 2. The van der Waals surface area contributed by atoms with E-state index in [1.165, 1.54) is 22.3 Å². The summed E-state index contributed by atoms with van der Waals surface area (Å²) in [6, 6.07) is 10.9. The lowest BCUT2D eigenvalue weighted by Gasteiger charge is -2.30. The lowest BCUT2D eigenvalue weighted by atomic mass is 9.97. The molecule has 0 saturated carbocycles. The predicted molar refractivity (Wildman–Crippen MR) is 106 cm³/mol. The Morgan fingerprint density at radius 1 is 1.24 bits per heavy atom. The number of nitrogens with zero attached hydrogens (tertiary/aromatic N) is 2. The van der Waals surface area contributed by atoms with Crippen molar-refractivity contribution in [1.29, 1.82) is 0 Å². The number of thiazole rings is 1. The minimum atomic E-state index is -0.728. The van der Waals surface area contributed by atoms with E-state index in [9.17, 15) is 14.4 Å². The second-order valence-electron chi connectivity index (χ2n) is 6.81. The van der Waals surface area contributed by atoms with Crippen LogP contribution in [0, 0.1) is 5.92 Å². The minimum Gasteiger partial charge on any atom is -0.450 e. The van der Waals surface area contributed by atoms with Gasteiger partial charge in [-0.2, -0.15) is 0 Å². The number of rotatable bonds is 5. The Morgan fingerprint density at radius 2 is 2.07 bits per heavy atom. The Labute approximate surface area is 170 Å². The molecule has 4 rings (SSSR count). The van der Waals surface area contributed by atoms with Crippen LogP contribution in [-0.2, 0) is 14.3 Å². The van der Waals surface area contributed by atoms with Crippen LogP contribution in [0.5, 0.6) is 0 Å². The number of hydrogen-bond acceptors (Lipinski definition) is 7. The second kappa shape index (κ2) is 8.04. The molecule has 8 nitrogen and oxygen atoms in total. The van der Waals surface area contributed by atoms with Crippen LogP contribution in [0.15, 0.2) is 40.8 Å². The standard InChI is InChI=1S/C20H19N3O5S/c21-18(25)12-4-3-9-23(10-12)17(24)11-27-20(26)15-8-7-14(28-15)19-22-13-5-1-2-6-16(13)29-19/h1-2,5-8,12H,3-4,9-11H2,(H2,21,25)/t12-/m1/s1. The third-order valence-electron chi connectivity index (χ3n) is 4.82. The van der Waals surface area contributed by atoms with Gasteiger partial charge in [0.25, 0.3) is 5.91 Å². The van der Waals surface area contributed by atoms with Crippen molar-refractivity contribution in [2.75, 3.05) is 19.7 Å². The first-order valence-corrected chi connectivity index (χ1v) is 10.0. The summed E-state index contributed by atoms with van der Waals surface area (Å²) in [5, 5.41) is 0.659. The zero-order valence-electron chi connectivity index (χ0n) is 15.5. The summed E-state index contributed by atoms with van der Waals surface area (Å²) < 4.78 is 11.7. The number of para-hydroxylation sites is 1. The van der Waals surface area contributed by atoms with Crippen molar-refractivity contribution in [1.82, 2.24) is 9.88 Å². The highest BCUT2D eigenvalue weighted by molar-refractivity contribution is 7.21. The fraction of sp³-hybridized carbons (Fsp3) is 0.300. The van der Waals surface area contributed by atoms with Gasteiger partial charge in [0, 0.05) is 13.1 Å². The van der Waals surface area contributed by atoms with Crippen molar-refractivity contribution >= 4 is 39.3 Å². The van der Waals surface area contributed by atoms with Gasteiger partial charge in [-0.1, -0.05) is 12.1 Å². The van der Waals surface area contributed by atoms with Crippen molar-refractivity contribution < 1.29 is 23.5 Å². The van der Waals surface area contributed by atoms with Crippen molar-refractivity contribution in [2.24, 2.45) is 11.7 Å². The summed E-state index contributed by atoms with van der Waals surface area (Å²) in [4.78, 5) is 41.8. The number of ether oxygens (including phenoxy) is 1. The fourth-order valence-electron chi connectivity index (χ4n) is 3.27. The summed E-state index contributed by atoms with van der Waals surface area (Å²) in [6.45, 7) is 0.360. The van der Waals surface area contributed by atoms with Crippen molar-refractivity contribution in [3.8, 4) is 10.8 Å². The monoisotopic (exact) mass is 413 g/mol. The van der Waals surface area contributed by atoms with Gasteiger partial charge >= 0.3 is 5.97 Å². The van der Waals surface area contributed by atoms with E-state index < -0.39 is 18.5 Å². The molecular formula is C20H19N3O5S. The van der Waals surface area contributed by atoms with Crippen LogP contribution in [0.2, 0.25) is 0 Å². The number of carbonyl (C=O) groups is 3. The number of carbonyl (C=O) groups excluding carboxylic acids is 3. The number of likely N-dealkylation sites (tertiary alicyclic amines) is 1. The van der Waals surface area contributed by atoms with Crippen LogP contribution < -0.4 is 5.73 Å². The molecule has 2 aromatic heterocycles. The highest BCUT2D eigenvalue weighted by Gasteiger charge is 2.27. The lowest BCUT2D eigenvalue weighted by Crippen LogP contribution is -2.45. The first-order chi connectivity index (χ1) is 14.0. The van der Waals surface area contributed by atoms with E-state index in [0.29, 0.717) is 30.2 Å². The molecule has 1 saturated heterocycles. The Kier molecular flexibility index (Phi) is 5.30. The van der Waals surface area contributed by atoms with Gasteiger partial charge in [-0.05, 0) is 37.1 Å². The number of primary amides is 1. The van der Waals surface area contributed by atoms with Crippen molar-refractivity contribution in [3.05, 3.63) is 42.2 Å². The van der Waals surface area contributed by atoms with Gasteiger partial charge in [-0.25, -0.2) is 9.78 Å². The Hall–Kier alpha value is -3.20. The van der Waals surface area contributed by atoms with Crippen molar-refractivity contribution in [3.63, 3.8) is 0 Å². The van der Waals surface area contributed by atoms with E-state index >= 15 is 0 Å². The van der Waals surface area contributed by atoms with Gasteiger partial charge in [0.05, 0.1) is 16.1 Å². The number of aromatic nitrogens is 1. The Bertz CT molecular complexity index is 1040. The number of nitrogens with two attached hydrogens (primary N) is 1. The molecule has 3 heterocycles. The van der Waals surface area contributed by atoms with Crippen molar-refractivity contribution in [2.45, 2.75) is 12.8 Å². The molecule has 3 aromatic rings. The number of piperidine rings is 1. The third-order valence-corrected chi connectivity index (χ3v) is 5.87. The molecule has 150 valence electrons. The average molecular weight is 413 g/mol. The molecule has 1 aliphatic rings. The number of furan rings is 1. The summed E-state index contributed by atoms with van der Waals surface area (Å²) in [6.07, 6.45) is 1.36. The first kappa shape index (κ1) is 19.1. The SMILES string of the molecule is NC(=O)[C@@H]1CCCN(C(=O)COC(=O)c2ccc(-c3nc4ccccc4s3)o2)C1. The molecule has 1 fully saturated rings. The van der Waals surface area contributed by atoms with Crippen LogP contribution in [0.3, 0.4) is 0 Å². The first-order valence-electron chi connectivity index (χ1n) is 9.21. The Morgan fingerprint density at radius 3 is 2.86 bits per heavy atom. The maximum Gasteiger partial charge on any atom is 0.374 e. The number of esters is 1. The van der Waals surface area contributed by atoms with Crippen LogP contribution in [0.4, 0.5) is 0 Å². The molecule has 0 unspecified atom stereocenters. The van der Waals surface area contributed by atoms with E-state index in [0.717, 1.165) is 10.2 Å². The molecule has 0 spiro atoms. The fourth-order valence-corrected chi connectivity index (χ4v) is 4.19. The predicted octanol–water partition coefficient (Wildman–Crippen LogP) is 2.44. The summed E-state index contributed by atoms with van der Waals surface area (Å²) >= 11 is 1.46. The molecule has 0 bridgehead atoms. The highest BCUT2D eigenvalue weighted by atomic mass is 32.1. The quantitative estimate of drug-likeness (QED) is 0.642. The average Bonchev–Trinajstić information content (AvgIpc) is 3.38. The molecular weight excluding hydrogens is 394 g/mol. The van der Waals surface area contributed by atoms with Crippen LogP contribution >= 0.6 is 11.3 Å². The molecule has 1 aliphatic heterocycles. The molecule has 2 N–H and O–H groups in total. The number of benzene rings is 1. The maximum atomic E-state index is 12.3. The van der Waals surface area contributed by atoms with Gasteiger partial charge in [-0.15, -0.1) is 11.3 Å². The van der Waals surface area contributed by atoms with Crippen LogP contribution in [-0.4, -0.2) is 47.4 Å². The van der Waals surface area contributed by atoms with Gasteiger partial charge in [0.15, 0.2) is 17.4 Å². The maximum absolute atomic E-state index is 12.3. The molecule has 0 aliphatic carbocycles. The molecule has 1 atom stereocenters. The minimum absolute atomic E-state index is 0.000660. The summed E-state index contributed by atoms with van der Waals surface area (Å²) in [7, 11) is 0. The topological polar surface area (TPSA) is 116 Å². The number of hydrogen-bond donors (Lipinski definition) is 1. The van der Waals surface area contributed by atoms with Gasteiger partial charge in [0.1, 0.15) is 0 Å². The van der Waals surface area contributed by atoms with E-state index in [1.54, 1.807) is 6.07 Å². The van der Waals surface area contributed by atoms with E-state index in [-0.39, 0.29) is 24.1 Å². The second-order valence-corrected chi connectivity index (χ2v) is 7.84. The van der Waals surface area contributed by atoms with E-state index in [2.05, 4.69) is 4.98 Å². The Balaban J connectivity index is 1.37. The molecule has 0 radical (unpaired) electrons. The van der Waals surface area contributed by atoms with Crippen LogP contribution in [0.1, 0.15) is 23.4 Å². The van der Waals surface area contributed by atoms with Gasteiger partial charge < -0.3 is 19.8 Å². The van der Waals surface area contributed by atoms with Gasteiger partial charge in [0.2, 0.25) is 11.7 Å². The summed E-state index contributed by atoms with van der Waals surface area (Å²) in [5.74, 6) is -1.40. The largest absolute Gasteiger partial charge is 0.450 e. The molecule has 2 amide bonds. The smallest absolute Gasteiger partial charge is 0.374 e.